The first-order valence-electron chi connectivity index (χ1n) is 4.76. The summed E-state index contributed by atoms with van der Waals surface area (Å²) in [6.07, 6.45) is 0.768. The summed E-state index contributed by atoms with van der Waals surface area (Å²) in [5.74, 6) is 0.681. The summed E-state index contributed by atoms with van der Waals surface area (Å²) in [4.78, 5) is 3.83. The molecule has 0 atom stereocenters. The second-order valence-electron chi connectivity index (χ2n) is 2.96. The number of hydrogen-bond acceptors (Lipinski definition) is 4. The van der Waals surface area contributed by atoms with E-state index >= 15 is 0 Å². The van der Waals surface area contributed by atoms with Gasteiger partial charge in [0.15, 0.2) is 11.5 Å². The van der Waals surface area contributed by atoms with Crippen molar-refractivity contribution >= 4 is 17.4 Å². The van der Waals surface area contributed by atoms with Gasteiger partial charge in [-0.15, -0.1) is 0 Å². The van der Waals surface area contributed by atoms with Crippen molar-refractivity contribution in [1.82, 2.24) is 0 Å². The summed E-state index contributed by atoms with van der Waals surface area (Å²) in [5, 5.41) is 11.8. The first-order chi connectivity index (χ1) is 7.27. The van der Waals surface area contributed by atoms with Crippen molar-refractivity contribution in [3.8, 4) is 11.5 Å². The topological polar surface area (TPSA) is 41.8 Å². The number of isothiocyanates is 1. The van der Waals surface area contributed by atoms with E-state index in [1.165, 1.54) is 0 Å². The van der Waals surface area contributed by atoms with Crippen LogP contribution in [0.15, 0.2) is 23.2 Å². The number of nitrogens with zero attached hydrogens (tertiary/aromatic N) is 1. The van der Waals surface area contributed by atoms with E-state index in [0.717, 1.165) is 12.0 Å². The monoisotopic (exact) mass is 223 g/mol. The summed E-state index contributed by atoms with van der Waals surface area (Å²) in [5.41, 5.74) is 1.06. The van der Waals surface area contributed by atoms with E-state index in [0.29, 0.717) is 18.9 Å². The van der Waals surface area contributed by atoms with Gasteiger partial charge in [0, 0.05) is 0 Å². The molecule has 0 saturated heterocycles. The van der Waals surface area contributed by atoms with Crippen LogP contribution in [0.5, 0.6) is 11.5 Å². The van der Waals surface area contributed by atoms with Gasteiger partial charge in [-0.3, -0.25) is 0 Å². The zero-order valence-electron chi connectivity index (χ0n) is 8.56. The highest BCUT2D eigenvalue weighted by atomic mass is 32.1. The van der Waals surface area contributed by atoms with Crippen LogP contribution in [0.4, 0.5) is 0 Å². The van der Waals surface area contributed by atoms with Gasteiger partial charge >= 0.3 is 0 Å². The lowest BCUT2D eigenvalue weighted by atomic mass is 10.1. The van der Waals surface area contributed by atoms with E-state index in [1.54, 1.807) is 6.07 Å². The molecule has 3 nitrogen and oxygen atoms in total. The fourth-order valence-corrected chi connectivity index (χ4v) is 1.31. The Labute approximate surface area is 94.4 Å². The lowest BCUT2D eigenvalue weighted by Crippen LogP contribution is -1.94. The molecule has 0 aromatic heterocycles. The van der Waals surface area contributed by atoms with Gasteiger partial charge in [0.05, 0.1) is 18.3 Å². The highest BCUT2D eigenvalue weighted by Crippen LogP contribution is 2.26. The van der Waals surface area contributed by atoms with Crippen LogP contribution in [0.3, 0.4) is 0 Å². The van der Waals surface area contributed by atoms with Gasteiger partial charge in [-0.2, -0.15) is 0 Å². The molecule has 80 valence electrons. The highest BCUT2D eigenvalue weighted by molar-refractivity contribution is 7.78. The Morgan fingerprint density at radius 1 is 1.53 bits per heavy atom. The summed E-state index contributed by atoms with van der Waals surface area (Å²) in [6.45, 7) is 3.03. The van der Waals surface area contributed by atoms with Crippen molar-refractivity contribution in [2.24, 2.45) is 4.99 Å². The largest absolute Gasteiger partial charge is 0.504 e. The third-order valence-corrected chi connectivity index (χ3v) is 2.03. The second-order valence-corrected chi connectivity index (χ2v) is 3.14. The van der Waals surface area contributed by atoms with Crippen molar-refractivity contribution < 1.29 is 9.84 Å². The summed E-state index contributed by atoms with van der Waals surface area (Å²) < 4.78 is 5.27. The molecule has 0 amide bonds. The van der Waals surface area contributed by atoms with Crippen LogP contribution in [-0.2, 0) is 6.42 Å². The van der Waals surface area contributed by atoms with Crippen LogP contribution in [0.25, 0.3) is 0 Å². The van der Waals surface area contributed by atoms with Crippen molar-refractivity contribution in [2.75, 3.05) is 13.2 Å². The average molecular weight is 223 g/mol. The molecule has 1 N–H and O–H groups in total. The molecule has 0 aliphatic heterocycles. The number of ether oxygens (including phenoxy) is 1. The van der Waals surface area contributed by atoms with Crippen LogP contribution >= 0.6 is 12.2 Å². The lowest BCUT2D eigenvalue weighted by Gasteiger charge is -2.07. The Bertz CT molecular complexity index is 373. The van der Waals surface area contributed by atoms with Gasteiger partial charge in [-0.1, -0.05) is 6.07 Å². The Morgan fingerprint density at radius 2 is 2.33 bits per heavy atom. The predicted octanol–water partition coefficient (Wildman–Crippen LogP) is 2.44. The van der Waals surface area contributed by atoms with Gasteiger partial charge < -0.3 is 9.84 Å². The summed E-state index contributed by atoms with van der Waals surface area (Å²) in [6, 6.07) is 5.29. The fourth-order valence-electron chi connectivity index (χ4n) is 1.22. The van der Waals surface area contributed by atoms with E-state index in [-0.39, 0.29) is 5.75 Å². The van der Waals surface area contributed by atoms with Gasteiger partial charge in [-0.25, -0.2) is 4.99 Å². The van der Waals surface area contributed by atoms with Crippen molar-refractivity contribution in [1.29, 1.82) is 0 Å². The molecule has 1 aromatic carbocycles. The van der Waals surface area contributed by atoms with Gasteiger partial charge in [0.1, 0.15) is 0 Å². The molecule has 0 radical (unpaired) electrons. The predicted molar refractivity (Wildman–Crippen MR) is 62.9 cm³/mol. The number of rotatable bonds is 5. The number of phenols is 1. The van der Waals surface area contributed by atoms with Crippen LogP contribution in [0.2, 0.25) is 0 Å². The Kier molecular flexibility index (Phi) is 4.81. The minimum Gasteiger partial charge on any atom is -0.504 e. The van der Waals surface area contributed by atoms with E-state index in [1.807, 2.05) is 19.1 Å². The van der Waals surface area contributed by atoms with Crippen LogP contribution in [0.1, 0.15) is 12.5 Å². The molecular formula is C11H13NO2S. The quantitative estimate of drug-likeness (QED) is 0.615. The normalized spacial score (nSPS) is 9.40. The number of hydrogen-bond donors (Lipinski definition) is 1. The zero-order chi connectivity index (χ0) is 11.1. The lowest BCUT2D eigenvalue weighted by molar-refractivity contribution is 0.318. The molecule has 1 rings (SSSR count). The van der Waals surface area contributed by atoms with Crippen molar-refractivity contribution in [3.63, 3.8) is 0 Å². The third kappa shape index (κ3) is 3.70. The first-order valence-corrected chi connectivity index (χ1v) is 5.17. The maximum atomic E-state index is 9.46. The number of phenolic OH excluding ortho intramolecular Hbond substituents is 1. The zero-order valence-corrected chi connectivity index (χ0v) is 9.38. The summed E-state index contributed by atoms with van der Waals surface area (Å²) in [7, 11) is 0. The molecule has 1 aromatic rings. The molecular weight excluding hydrogens is 210 g/mol. The minimum absolute atomic E-state index is 0.166. The van der Waals surface area contributed by atoms with Crippen LogP contribution in [-0.4, -0.2) is 23.4 Å². The molecule has 4 heteroatoms. The van der Waals surface area contributed by atoms with E-state index in [2.05, 4.69) is 22.4 Å². The molecule has 0 aliphatic carbocycles. The van der Waals surface area contributed by atoms with E-state index in [9.17, 15) is 5.11 Å². The van der Waals surface area contributed by atoms with E-state index in [4.69, 9.17) is 4.74 Å². The molecule has 0 bridgehead atoms. The number of aliphatic imine (C=N–C) groups is 1. The molecule has 0 fully saturated rings. The minimum atomic E-state index is 0.166. The fraction of sp³-hybridized carbons (Fsp3) is 0.364. The number of thiocarbonyl (C=S) groups is 1. The standard InChI is InChI=1S/C11H13NO2S/c1-2-14-11-7-9(3-4-10(11)13)5-6-12-8-15/h3-4,7,13H,2,5-6H2,1H3. The third-order valence-electron chi connectivity index (χ3n) is 1.90. The molecule has 0 unspecified atom stereocenters. The molecule has 15 heavy (non-hydrogen) atoms. The van der Waals surface area contributed by atoms with Crippen molar-refractivity contribution in [3.05, 3.63) is 23.8 Å². The SMILES string of the molecule is CCOc1cc(CCN=C=S)ccc1O. The van der Waals surface area contributed by atoms with Gasteiger partial charge in [-0.05, 0) is 43.3 Å². The van der Waals surface area contributed by atoms with E-state index < -0.39 is 0 Å². The van der Waals surface area contributed by atoms with Crippen LogP contribution in [0, 0.1) is 0 Å². The maximum Gasteiger partial charge on any atom is 0.161 e. The Balaban J connectivity index is 2.73. The number of aromatic hydroxyl groups is 1. The smallest absolute Gasteiger partial charge is 0.161 e. The van der Waals surface area contributed by atoms with Gasteiger partial charge in [0.2, 0.25) is 0 Å². The Morgan fingerprint density at radius 3 is 3.00 bits per heavy atom. The molecule has 0 spiro atoms. The molecule has 0 aliphatic rings. The maximum absolute atomic E-state index is 9.46. The van der Waals surface area contributed by atoms with Crippen LogP contribution < -0.4 is 4.74 Å². The second kappa shape index (κ2) is 6.17. The summed E-state index contributed by atoms with van der Waals surface area (Å²) >= 11 is 4.47. The highest BCUT2D eigenvalue weighted by Gasteiger charge is 2.02. The average Bonchev–Trinajstić information content (AvgIpc) is 2.23. The Hall–Kier alpha value is -1.38. The first kappa shape index (κ1) is 11.7. The van der Waals surface area contributed by atoms with Gasteiger partial charge in [0.25, 0.3) is 0 Å². The van der Waals surface area contributed by atoms with Crippen molar-refractivity contribution in [2.45, 2.75) is 13.3 Å². The molecule has 0 heterocycles. The number of benzene rings is 1. The molecule has 0 saturated carbocycles.